The van der Waals surface area contributed by atoms with Gasteiger partial charge in [-0.2, -0.15) is 5.26 Å². The monoisotopic (exact) mass is 343 g/mol. The maximum absolute atomic E-state index is 11.8. The van der Waals surface area contributed by atoms with Crippen LogP contribution in [0.5, 0.6) is 5.75 Å². The standard InChI is InChI=1S/C17H14ClN3O3/c18-15-4-2-1-3-13(15)9-16(22)20-21-17(23)11-24-14-7-5-12(10-19)6-8-14/h1-8H,9,11H2,(H,20,22)(H,21,23). The zero-order valence-corrected chi connectivity index (χ0v) is 13.3. The van der Waals surface area contributed by atoms with Crippen LogP contribution >= 0.6 is 11.6 Å². The normalized spacial score (nSPS) is 9.67. The van der Waals surface area contributed by atoms with Crippen LogP contribution in [0.2, 0.25) is 5.02 Å². The third kappa shape index (κ3) is 5.30. The third-order valence-corrected chi connectivity index (χ3v) is 3.37. The summed E-state index contributed by atoms with van der Waals surface area (Å²) >= 11 is 5.96. The van der Waals surface area contributed by atoms with E-state index in [2.05, 4.69) is 10.9 Å². The fourth-order valence-electron chi connectivity index (χ4n) is 1.81. The number of nitrogens with zero attached hydrogens (tertiary/aromatic N) is 1. The number of ether oxygens (including phenoxy) is 1. The van der Waals surface area contributed by atoms with Gasteiger partial charge in [-0.15, -0.1) is 0 Å². The summed E-state index contributed by atoms with van der Waals surface area (Å²) in [6.07, 6.45) is 0.0520. The van der Waals surface area contributed by atoms with Crippen molar-refractivity contribution >= 4 is 23.4 Å². The summed E-state index contributed by atoms with van der Waals surface area (Å²) in [5.74, 6) is -0.451. The third-order valence-electron chi connectivity index (χ3n) is 3.00. The lowest BCUT2D eigenvalue weighted by Gasteiger charge is -2.09. The van der Waals surface area contributed by atoms with E-state index < -0.39 is 11.8 Å². The van der Waals surface area contributed by atoms with Crippen LogP contribution in [0.3, 0.4) is 0 Å². The lowest BCUT2D eigenvalue weighted by molar-refractivity contribution is -0.129. The van der Waals surface area contributed by atoms with Crippen molar-refractivity contribution in [3.8, 4) is 11.8 Å². The Morgan fingerprint density at radius 2 is 1.71 bits per heavy atom. The Balaban J connectivity index is 1.73. The SMILES string of the molecule is N#Cc1ccc(OCC(=O)NNC(=O)Cc2ccccc2Cl)cc1. The van der Waals surface area contributed by atoms with Gasteiger partial charge in [0.15, 0.2) is 6.61 Å². The number of carbonyl (C=O) groups is 2. The number of hydrazine groups is 1. The van der Waals surface area contributed by atoms with Gasteiger partial charge in [0.2, 0.25) is 5.91 Å². The van der Waals surface area contributed by atoms with Crippen LogP contribution in [-0.4, -0.2) is 18.4 Å². The van der Waals surface area contributed by atoms with Gasteiger partial charge in [-0.25, -0.2) is 0 Å². The summed E-state index contributed by atoms with van der Waals surface area (Å²) in [6, 6.07) is 15.3. The molecule has 7 heteroatoms. The van der Waals surface area contributed by atoms with Crippen LogP contribution in [0.4, 0.5) is 0 Å². The van der Waals surface area contributed by atoms with Crippen molar-refractivity contribution in [2.75, 3.05) is 6.61 Å². The highest BCUT2D eigenvalue weighted by molar-refractivity contribution is 6.31. The topological polar surface area (TPSA) is 91.2 Å². The molecular weight excluding hydrogens is 330 g/mol. The number of nitrogens with one attached hydrogen (secondary N) is 2. The summed E-state index contributed by atoms with van der Waals surface area (Å²) in [5.41, 5.74) is 5.71. The van der Waals surface area contributed by atoms with E-state index in [4.69, 9.17) is 21.6 Å². The zero-order chi connectivity index (χ0) is 17.4. The predicted molar refractivity (Wildman–Crippen MR) is 88.1 cm³/mol. The van der Waals surface area contributed by atoms with Gasteiger partial charge in [0, 0.05) is 5.02 Å². The molecule has 2 aromatic rings. The molecule has 2 amide bonds. The number of amides is 2. The highest BCUT2D eigenvalue weighted by Gasteiger charge is 2.08. The van der Waals surface area contributed by atoms with Crippen LogP contribution in [-0.2, 0) is 16.0 Å². The van der Waals surface area contributed by atoms with E-state index in [0.29, 0.717) is 21.9 Å². The van der Waals surface area contributed by atoms with Crippen LogP contribution < -0.4 is 15.6 Å². The molecule has 0 bridgehead atoms. The van der Waals surface area contributed by atoms with Crippen LogP contribution in [0.1, 0.15) is 11.1 Å². The highest BCUT2D eigenvalue weighted by atomic mass is 35.5. The van der Waals surface area contributed by atoms with E-state index in [9.17, 15) is 9.59 Å². The summed E-state index contributed by atoms with van der Waals surface area (Å²) < 4.78 is 5.24. The van der Waals surface area contributed by atoms with Gasteiger partial charge < -0.3 is 4.74 Å². The second-order valence-corrected chi connectivity index (χ2v) is 5.20. The van der Waals surface area contributed by atoms with Crippen molar-refractivity contribution < 1.29 is 14.3 Å². The molecule has 0 fully saturated rings. The molecule has 24 heavy (non-hydrogen) atoms. The Bertz CT molecular complexity index is 769. The fourth-order valence-corrected chi connectivity index (χ4v) is 2.01. The van der Waals surface area contributed by atoms with Crippen molar-refractivity contribution in [2.24, 2.45) is 0 Å². The molecule has 2 rings (SSSR count). The minimum absolute atomic E-state index is 0.0520. The molecule has 0 atom stereocenters. The maximum Gasteiger partial charge on any atom is 0.276 e. The Hall–Kier alpha value is -3.04. The quantitative estimate of drug-likeness (QED) is 0.812. The molecule has 0 unspecified atom stereocenters. The molecule has 2 aromatic carbocycles. The van der Waals surface area contributed by atoms with Gasteiger partial charge in [0.05, 0.1) is 18.1 Å². The van der Waals surface area contributed by atoms with Crippen molar-refractivity contribution in [3.63, 3.8) is 0 Å². The second-order valence-electron chi connectivity index (χ2n) is 4.79. The molecule has 6 nitrogen and oxygen atoms in total. The molecule has 0 aliphatic rings. The van der Waals surface area contributed by atoms with E-state index in [1.54, 1.807) is 48.5 Å². The van der Waals surface area contributed by atoms with Gasteiger partial charge in [-0.3, -0.25) is 20.4 Å². The molecular formula is C17H14ClN3O3. The van der Waals surface area contributed by atoms with E-state index in [1.165, 1.54) is 0 Å². The average Bonchev–Trinajstić information content (AvgIpc) is 2.60. The van der Waals surface area contributed by atoms with Crippen molar-refractivity contribution in [1.82, 2.24) is 10.9 Å². The maximum atomic E-state index is 11.8. The molecule has 0 aliphatic heterocycles. The van der Waals surface area contributed by atoms with E-state index >= 15 is 0 Å². The zero-order valence-electron chi connectivity index (χ0n) is 12.6. The number of halogens is 1. The first kappa shape index (κ1) is 17.3. The minimum atomic E-state index is -0.508. The molecule has 0 heterocycles. The molecule has 122 valence electrons. The first-order chi connectivity index (χ1) is 11.6. The molecule has 0 aliphatic carbocycles. The minimum Gasteiger partial charge on any atom is -0.484 e. The molecule has 0 saturated carbocycles. The molecule has 0 radical (unpaired) electrons. The Labute approximate surface area is 144 Å². The largest absolute Gasteiger partial charge is 0.484 e. The number of rotatable bonds is 5. The second kappa shape index (κ2) is 8.56. The summed E-state index contributed by atoms with van der Waals surface area (Å²) in [4.78, 5) is 23.4. The van der Waals surface area contributed by atoms with Crippen molar-refractivity contribution in [2.45, 2.75) is 6.42 Å². The molecule has 0 spiro atoms. The number of hydrogen-bond donors (Lipinski definition) is 2. The number of carbonyl (C=O) groups excluding carboxylic acids is 2. The van der Waals surface area contributed by atoms with Crippen molar-refractivity contribution in [1.29, 1.82) is 5.26 Å². The fraction of sp³-hybridized carbons (Fsp3) is 0.118. The lowest BCUT2D eigenvalue weighted by atomic mass is 10.1. The first-order valence-corrected chi connectivity index (χ1v) is 7.40. The highest BCUT2D eigenvalue weighted by Crippen LogP contribution is 2.15. The lowest BCUT2D eigenvalue weighted by Crippen LogP contribution is -2.44. The van der Waals surface area contributed by atoms with Crippen LogP contribution in [0.15, 0.2) is 48.5 Å². The smallest absolute Gasteiger partial charge is 0.276 e. The Morgan fingerprint density at radius 1 is 1.04 bits per heavy atom. The van der Waals surface area contributed by atoms with Gasteiger partial charge in [-0.1, -0.05) is 29.8 Å². The van der Waals surface area contributed by atoms with Gasteiger partial charge in [0.1, 0.15) is 5.75 Å². The molecule has 2 N–H and O–H groups in total. The summed E-state index contributed by atoms with van der Waals surface area (Å²) in [5, 5.41) is 9.18. The number of hydrogen-bond acceptors (Lipinski definition) is 4. The average molecular weight is 344 g/mol. The van der Waals surface area contributed by atoms with Crippen LogP contribution in [0.25, 0.3) is 0 Å². The number of benzene rings is 2. The predicted octanol–water partition coefficient (Wildman–Crippen LogP) is 1.98. The van der Waals surface area contributed by atoms with E-state index in [-0.39, 0.29) is 13.0 Å². The Kier molecular flexibility index (Phi) is 6.17. The van der Waals surface area contributed by atoms with Gasteiger partial charge in [0.25, 0.3) is 5.91 Å². The van der Waals surface area contributed by atoms with Gasteiger partial charge in [-0.05, 0) is 35.9 Å². The van der Waals surface area contributed by atoms with Gasteiger partial charge >= 0.3 is 0 Å². The van der Waals surface area contributed by atoms with Crippen LogP contribution in [0, 0.1) is 11.3 Å². The van der Waals surface area contributed by atoms with E-state index in [0.717, 1.165) is 0 Å². The van der Waals surface area contributed by atoms with Crippen molar-refractivity contribution in [3.05, 3.63) is 64.7 Å². The first-order valence-electron chi connectivity index (χ1n) is 7.02. The molecule has 0 aromatic heterocycles. The number of nitriles is 1. The Morgan fingerprint density at radius 3 is 2.38 bits per heavy atom. The summed E-state index contributed by atoms with van der Waals surface area (Å²) in [6.45, 7) is -0.266. The van der Waals surface area contributed by atoms with E-state index in [1.807, 2.05) is 6.07 Å². The molecule has 0 saturated heterocycles. The summed E-state index contributed by atoms with van der Waals surface area (Å²) in [7, 11) is 0.